The minimum Gasteiger partial charge on any atom is -0.351 e. The molecule has 6 nitrogen and oxygen atoms in total. The van der Waals surface area contributed by atoms with Crippen molar-refractivity contribution in [1.29, 1.82) is 5.26 Å². The van der Waals surface area contributed by atoms with Crippen molar-refractivity contribution in [3.63, 3.8) is 0 Å². The fourth-order valence-electron chi connectivity index (χ4n) is 1.00. The summed E-state index contributed by atoms with van der Waals surface area (Å²) in [4.78, 5) is 22.4. The fourth-order valence-corrected chi connectivity index (χ4v) is 1.00. The van der Waals surface area contributed by atoms with Crippen LogP contribution in [-0.4, -0.2) is 23.1 Å². The maximum atomic E-state index is 11.5. The molecule has 0 heterocycles. The molecule has 0 rings (SSSR count). The molecule has 0 spiro atoms. The zero-order valence-electron chi connectivity index (χ0n) is 10.6. The number of carbonyl (C=O) groups excluding carboxylic acids is 2. The number of nitrogens with zero attached hydrogens (tertiary/aromatic N) is 2. The van der Waals surface area contributed by atoms with Crippen LogP contribution in [0, 0.1) is 11.3 Å². The Morgan fingerprint density at radius 2 is 1.88 bits per heavy atom. The Balaban J connectivity index is 4.13. The highest BCUT2D eigenvalue weighted by molar-refractivity contribution is 6.00. The van der Waals surface area contributed by atoms with Gasteiger partial charge >= 0.3 is 0 Å². The molecule has 0 aromatic rings. The van der Waals surface area contributed by atoms with Gasteiger partial charge in [0.15, 0.2) is 0 Å². The molecule has 2 N–H and O–H groups in total. The molecule has 0 fully saturated rings. The van der Waals surface area contributed by atoms with Gasteiger partial charge in [-0.3, -0.25) is 9.59 Å². The van der Waals surface area contributed by atoms with Gasteiger partial charge in [0.1, 0.15) is 6.42 Å². The van der Waals surface area contributed by atoms with Gasteiger partial charge in [-0.1, -0.05) is 0 Å². The van der Waals surface area contributed by atoms with Crippen LogP contribution in [0.2, 0.25) is 0 Å². The molecule has 0 aliphatic carbocycles. The summed E-state index contributed by atoms with van der Waals surface area (Å²) in [6.45, 7) is 7.28. The van der Waals surface area contributed by atoms with Gasteiger partial charge in [0.25, 0.3) is 5.91 Å². The first-order valence-corrected chi connectivity index (χ1v) is 5.24. The molecule has 0 aromatic heterocycles. The number of nitriles is 1. The fraction of sp³-hybridized carbons (Fsp3) is 0.636. The Kier molecular flexibility index (Phi) is 5.89. The molecule has 2 amide bonds. The lowest BCUT2D eigenvalue weighted by atomic mass is 10.1. The third-order valence-corrected chi connectivity index (χ3v) is 1.54. The largest absolute Gasteiger partial charge is 0.351 e. The van der Waals surface area contributed by atoms with Crippen molar-refractivity contribution in [2.24, 2.45) is 5.10 Å². The van der Waals surface area contributed by atoms with E-state index >= 15 is 0 Å². The van der Waals surface area contributed by atoms with Gasteiger partial charge in [0.05, 0.1) is 12.5 Å². The van der Waals surface area contributed by atoms with E-state index in [1.54, 1.807) is 13.0 Å². The predicted octanol–water partition coefficient (Wildman–Crippen LogP) is 0.697. The number of hydrogen-bond donors (Lipinski definition) is 2. The van der Waals surface area contributed by atoms with Gasteiger partial charge in [0.2, 0.25) is 5.91 Å². The van der Waals surface area contributed by atoms with Crippen molar-refractivity contribution in [3.05, 3.63) is 0 Å². The maximum Gasteiger partial charge on any atom is 0.254 e. The van der Waals surface area contributed by atoms with E-state index in [1.807, 2.05) is 20.8 Å². The van der Waals surface area contributed by atoms with E-state index in [4.69, 9.17) is 5.26 Å². The zero-order valence-corrected chi connectivity index (χ0v) is 10.6. The molecule has 17 heavy (non-hydrogen) atoms. The standard InChI is InChI=1S/C11H18N4O2/c1-8(14-15-9(16)5-6-12)7-10(17)13-11(2,3)4/h5,7H2,1-4H3,(H,13,17)(H,15,16)/b14-8+. The topological polar surface area (TPSA) is 94.3 Å². The van der Waals surface area contributed by atoms with Crippen molar-refractivity contribution in [1.82, 2.24) is 10.7 Å². The number of nitrogens with one attached hydrogen (secondary N) is 2. The lowest BCUT2D eigenvalue weighted by Gasteiger charge is -2.20. The number of carbonyl (C=O) groups is 2. The smallest absolute Gasteiger partial charge is 0.254 e. The Morgan fingerprint density at radius 3 is 2.35 bits per heavy atom. The second-order valence-electron chi connectivity index (χ2n) is 4.69. The van der Waals surface area contributed by atoms with Crippen molar-refractivity contribution in [2.45, 2.75) is 46.1 Å². The molecule has 0 unspecified atom stereocenters. The third kappa shape index (κ3) is 9.05. The van der Waals surface area contributed by atoms with Gasteiger partial charge in [-0.15, -0.1) is 0 Å². The lowest BCUT2D eigenvalue weighted by molar-refractivity contribution is -0.122. The normalized spacial score (nSPS) is 11.6. The summed E-state index contributed by atoms with van der Waals surface area (Å²) in [5, 5.41) is 14.7. The van der Waals surface area contributed by atoms with Crippen molar-refractivity contribution in [2.75, 3.05) is 0 Å². The Hall–Kier alpha value is -1.90. The number of amides is 2. The van der Waals surface area contributed by atoms with Crippen molar-refractivity contribution in [3.8, 4) is 6.07 Å². The minimum atomic E-state index is -0.483. The van der Waals surface area contributed by atoms with Crippen molar-refractivity contribution < 1.29 is 9.59 Å². The molecule has 0 aliphatic rings. The molecule has 0 saturated carbocycles. The van der Waals surface area contributed by atoms with Crippen LogP contribution in [0.15, 0.2) is 5.10 Å². The molecular formula is C11H18N4O2. The second-order valence-corrected chi connectivity index (χ2v) is 4.69. The molecule has 0 bridgehead atoms. The summed E-state index contributed by atoms with van der Waals surface area (Å²) in [6, 6.07) is 1.70. The average molecular weight is 238 g/mol. The summed E-state index contributed by atoms with van der Waals surface area (Å²) in [6.07, 6.45) is -0.130. The van der Waals surface area contributed by atoms with E-state index in [2.05, 4.69) is 15.8 Å². The quantitative estimate of drug-likeness (QED) is 0.557. The van der Waals surface area contributed by atoms with Crippen LogP contribution in [0.1, 0.15) is 40.5 Å². The zero-order chi connectivity index (χ0) is 13.5. The summed E-state index contributed by atoms with van der Waals surface area (Å²) in [5.74, 6) is -0.642. The number of rotatable bonds is 4. The van der Waals surface area contributed by atoms with Gasteiger partial charge in [-0.25, -0.2) is 5.43 Å². The van der Waals surface area contributed by atoms with Gasteiger partial charge in [-0.2, -0.15) is 10.4 Å². The molecule has 0 aliphatic heterocycles. The first-order chi connectivity index (χ1) is 7.74. The van der Waals surface area contributed by atoms with Crippen LogP contribution in [0.4, 0.5) is 0 Å². The SMILES string of the molecule is C/C(CC(=O)NC(C)(C)C)=N\NC(=O)CC#N. The molecule has 0 radical (unpaired) electrons. The van der Waals surface area contributed by atoms with E-state index in [-0.39, 0.29) is 24.3 Å². The van der Waals surface area contributed by atoms with Crippen LogP contribution >= 0.6 is 0 Å². The van der Waals surface area contributed by atoms with Crippen LogP contribution in [-0.2, 0) is 9.59 Å². The minimum absolute atomic E-state index is 0.115. The summed E-state index contributed by atoms with van der Waals surface area (Å²) in [5.41, 5.74) is 2.39. The van der Waals surface area contributed by atoms with Gasteiger partial charge < -0.3 is 5.32 Å². The molecule has 94 valence electrons. The molecule has 0 aromatic carbocycles. The highest BCUT2D eigenvalue weighted by Gasteiger charge is 2.14. The maximum absolute atomic E-state index is 11.5. The van der Waals surface area contributed by atoms with E-state index in [0.717, 1.165) is 0 Å². The monoisotopic (exact) mass is 238 g/mol. The molecular weight excluding hydrogens is 220 g/mol. The van der Waals surface area contributed by atoms with Gasteiger partial charge in [-0.05, 0) is 27.7 Å². The number of hydrogen-bond acceptors (Lipinski definition) is 4. The van der Waals surface area contributed by atoms with Crippen LogP contribution < -0.4 is 10.7 Å². The number of hydrazone groups is 1. The van der Waals surface area contributed by atoms with Crippen LogP contribution in [0.5, 0.6) is 0 Å². The van der Waals surface area contributed by atoms with Crippen LogP contribution in [0.3, 0.4) is 0 Å². The van der Waals surface area contributed by atoms with Crippen molar-refractivity contribution >= 4 is 17.5 Å². The lowest BCUT2D eigenvalue weighted by Crippen LogP contribution is -2.41. The molecule has 0 saturated heterocycles. The van der Waals surface area contributed by atoms with Crippen LogP contribution in [0.25, 0.3) is 0 Å². The first kappa shape index (κ1) is 15.1. The molecule has 6 heteroatoms. The average Bonchev–Trinajstić information content (AvgIpc) is 2.12. The third-order valence-electron chi connectivity index (χ3n) is 1.54. The molecule has 0 atom stereocenters. The Morgan fingerprint density at radius 1 is 1.29 bits per heavy atom. The summed E-state index contributed by atoms with van der Waals surface area (Å²) < 4.78 is 0. The first-order valence-electron chi connectivity index (χ1n) is 5.24. The van der Waals surface area contributed by atoms with E-state index in [9.17, 15) is 9.59 Å². The highest BCUT2D eigenvalue weighted by atomic mass is 16.2. The van der Waals surface area contributed by atoms with E-state index in [0.29, 0.717) is 5.71 Å². The Bertz CT molecular complexity index is 361. The van der Waals surface area contributed by atoms with E-state index in [1.165, 1.54) is 0 Å². The Labute approximate surface area is 101 Å². The highest BCUT2D eigenvalue weighted by Crippen LogP contribution is 1.99. The van der Waals surface area contributed by atoms with Gasteiger partial charge in [0, 0.05) is 11.3 Å². The summed E-state index contributed by atoms with van der Waals surface area (Å²) in [7, 11) is 0. The predicted molar refractivity (Wildman–Crippen MR) is 64.0 cm³/mol. The van der Waals surface area contributed by atoms with E-state index < -0.39 is 5.91 Å². The summed E-state index contributed by atoms with van der Waals surface area (Å²) >= 11 is 0. The second kappa shape index (κ2) is 6.63.